The first-order chi connectivity index (χ1) is 17.7. The van der Waals surface area contributed by atoms with Crippen LogP contribution in [0.1, 0.15) is 44.1 Å². The number of piperazine rings is 1. The minimum atomic E-state index is -4.38. The van der Waals surface area contributed by atoms with Gasteiger partial charge in [0.25, 0.3) is 5.56 Å². The SMILES string of the molecule is Cc1cn(CC2CCCCC2)c(=O)n(CCCN2CCN(c3ccccc3OCC(F)(F)F)CC2)c1=O. The number of anilines is 1. The topological polar surface area (TPSA) is 59.7 Å². The summed E-state index contributed by atoms with van der Waals surface area (Å²) in [7, 11) is 0. The molecule has 2 heterocycles. The van der Waals surface area contributed by atoms with Crippen molar-refractivity contribution in [2.24, 2.45) is 5.92 Å². The molecule has 1 aliphatic carbocycles. The molecule has 0 unspecified atom stereocenters. The minimum Gasteiger partial charge on any atom is -0.482 e. The molecule has 37 heavy (non-hydrogen) atoms. The van der Waals surface area contributed by atoms with Crippen molar-refractivity contribution in [1.29, 1.82) is 0 Å². The van der Waals surface area contributed by atoms with Crippen molar-refractivity contribution in [3.8, 4) is 5.75 Å². The molecule has 1 saturated carbocycles. The van der Waals surface area contributed by atoms with E-state index in [2.05, 4.69) is 4.90 Å². The molecule has 1 aromatic heterocycles. The Kier molecular flexibility index (Phi) is 9.00. The maximum atomic E-state index is 13.1. The summed E-state index contributed by atoms with van der Waals surface area (Å²) < 4.78 is 46.0. The van der Waals surface area contributed by atoms with Gasteiger partial charge < -0.3 is 9.64 Å². The normalized spacial score (nSPS) is 17.8. The molecule has 0 N–H and O–H groups in total. The van der Waals surface area contributed by atoms with Crippen molar-refractivity contribution in [2.45, 2.75) is 64.7 Å². The first-order valence-corrected chi connectivity index (χ1v) is 13.3. The maximum Gasteiger partial charge on any atom is 0.422 e. The fourth-order valence-corrected chi connectivity index (χ4v) is 5.44. The average molecular weight is 523 g/mol. The van der Waals surface area contributed by atoms with Gasteiger partial charge in [-0.05, 0) is 50.8 Å². The lowest BCUT2D eigenvalue weighted by atomic mass is 9.89. The zero-order chi connectivity index (χ0) is 26.4. The molecule has 2 aliphatic rings. The summed E-state index contributed by atoms with van der Waals surface area (Å²) in [6.45, 7) is 5.03. The lowest BCUT2D eigenvalue weighted by Gasteiger charge is -2.36. The number of alkyl halides is 3. The molecule has 2 fully saturated rings. The predicted molar refractivity (Wildman–Crippen MR) is 138 cm³/mol. The van der Waals surface area contributed by atoms with Gasteiger partial charge in [0.05, 0.1) is 5.69 Å². The highest BCUT2D eigenvalue weighted by molar-refractivity contribution is 5.58. The largest absolute Gasteiger partial charge is 0.482 e. The van der Waals surface area contributed by atoms with E-state index in [0.29, 0.717) is 49.8 Å². The van der Waals surface area contributed by atoms with E-state index in [9.17, 15) is 22.8 Å². The Morgan fingerprint density at radius 1 is 0.973 bits per heavy atom. The van der Waals surface area contributed by atoms with Crippen molar-refractivity contribution in [3.63, 3.8) is 0 Å². The smallest absolute Gasteiger partial charge is 0.422 e. The van der Waals surface area contributed by atoms with Gasteiger partial charge in [0.2, 0.25) is 0 Å². The Morgan fingerprint density at radius 3 is 2.38 bits per heavy atom. The Morgan fingerprint density at radius 2 is 1.68 bits per heavy atom. The number of rotatable bonds is 9. The summed E-state index contributed by atoms with van der Waals surface area (Å²) in [5.74, 6) is 0.730. The molecule has 0 amide bonds. The van der Waals surface area contributed by atoms with Crippen LogP contribution < -0.4 is 20.9 Å². The van der Waals surface area contributed by atoms with Gasteiger partial charge in [0.1, 0.15) is 5.75 Å². The Hall–Kier alpha value is -2.75. The van der Waals surface area contributed by atoms with Crippen LogP contribution >= 0.6 is 0 Å². The number of aromatic nitrogens is 2. The third kappa shape index (κ3) is 7.40. The monoisotopic (exact) mass is 522 g/mol. The zero-order valence-corrected chi connectivity index (χ0v) is 21.5. The number of ether oxygens (including phenoxy) is 1. The van der Waals surface area contributed by atoms with Crippen LogP contribution in [0.5, 0.6) is 5.75 Å². The van der Waals surface area contributed by atoms with Gasteiger partial charge >= 0.3 is 11.9 Å². The van der Waals surface area contributed by atoms with Gasteiger partial charge in [0.15, 0.2) is 6.61 Å². The van der Waals surface area contributed by atoms with Crippen LogP contribution in [0.15, 0.2) is 40.1 Å². The van der Waals surface area contributed by atoms with E-state index in [1.807, 2.05) is 4.90 Å². The molecular weight excluding hydrogens is 485 g/mol. The summed E-state index contributed by atoms with van der Waals surface area (Å²) >= 11 is 0. The Bertz CT molecular complexity index is 1150. The van der Waals surface area contributed by atoms with E-state index in [1.54, 1.807) is 42.0 Å². The first kappa shape index (κ1) is 27.3. The molecule has 1 aliphatic heterocycles. The first-order valence-electron chi connectivity index (χ1n) is 13.3. The molecular formula is C27H37F3N4O3. The number of halogens is 3. The summed E-state index contributed by atoms with van der Waals surface area (Å²) in [5.41, 5.74) is 0.818. The van der Waals surface area contributed by atoms with Crippen molar-refractivity contribution in [3.05, 3.63) is 56.9 Å². The molecule has 204 valence electrons. The van der Waals surface area contributed by atoms with Crippen LogP contribution in [0.3, 0.4) is 0 Å². The molecule has 1 saturated heterocycles. The number of benzene rings is 1. The second-order valence-electron chi connectivity index (χ2n) is 10.3. The highest BCUT2D eigenvalue weighted by Crippen LogP contribution is 2.30. The van der Waals surface area contributed by atoms with Crippen LogP contribution in [0.25, 0.3) is 0 Å². The number of para-hydroxylation sites is 2. The van der Waals surface area contributed by atoms with Gasteiger partial charge in [-0.25, -0.2) is 4.79 Å². The van der Waals surface area contributed by atoms with Gasteiger partial charge in [-0.15, -0.1) is 0 Å². The lowest BCUT2D eigenvalue weighted by Crippen LogP contribution is -2.47. The van der Waals surface area contributed by atoms with E-state index in [-0.39, 0.29) is 17.0 Å². The molecule has 0 atom stereocenters. The van der Waals surface area contributed by atoms with Crippen LogP contribution in [-0.4, -0.2) is 59.5 Å². The molecule has 0 spiro atoms. The Balaban J connectivity index is 1.30. The summed E-state index contributed by atoms with van der Waals surface area (Å²) in [6.07, 6.45) is 3.94. The highest BCUT2D eigenvalue weighted by Gasteiger charge is 2.29. The van der Waals surface area contributed by atoms with Gasteiger partial charge in [-0.2, -0.15) is 13.2 Å². The third-order valence-corrected chi connectivity index (χ3v) is 7.41. The van der Waals surface area contributed by atoms with Crippen LogP contribution in [0, 0.1) is 12.8 Å². The second-order valence-corrected chi connectivity index (χ2v) is 10.3. The number of hydrogen-bond acceptors (Lipinski definition) is 5. The molecule has 1 aromatic carbocycles. The van der Waals surface area contributed by atoms with E-state index in [1.165, 1.54) is 23.8 Å². The fraction of sp³-hybridized carbons (Fsp3) is 0.630. The quantitative estimate of drug-likeness (QED) is 0.497. The lowest BCUT2D eigenvalue weighted by molar-refractivity contribution is -0.153. The molecule has 0 bridgehead atoms. The zero-order valence-electron chi connectivity index (χ0n) is 21.5. The van der Waals surface area contributed by atoms with E-state index in [4.69, 9.17) is 4.74 Å². The minimum absolute atomic E-state index is 0.217. The van der Waals surface area contributed by atoms with Crippen LogP contribution in [0.4, 0.5) is 18.9 Å². The summed E-state index contributed by atoms with van der Waals surface area (Å²) in [6, 6.07) is 6.81. The highest BCUT2D eigenvalue weighted by atomic mass is 19.4. The predicted octanol–water partition coefficient (Wildman–Crippen LogP) is 4.05. The van der Waals surface area contributed by atoms with Crippen molar-refractivity contribution < 1.29 is 17.9 Å². The van der Waals surface area contributed by atoms with Gasteiger partial charge in [-0.1, -0.05) is 31.4 Å². The standard InChI is InChI=1S/C27H37F3N4O3/c1-21-18-33(19-22-8-3-2-4-9-22)26(36)34(25(21)35)13-7-12-31-14-16-32(17-15-31)23-10-5-6-11-24(23)37-20-27(28,29)30/h5-6,10-11,18,22H,2-4,7-9,12-17,19-20H2,1H3. The molecule has 7 nitrogen and oxygen atoms in total. The second kappa shape index (κ2) is 12.2. The maximum absolute atomic E-state index is 13.1. The van der Waals surface area contributed by atoms with E-state index in [0.717, 1.165) is 32.5 Å². The van der Waals surface area contributed by atoms with E-state index >= 15 is 0 Å². The van der Waals surface area contributed by atoms with Gasteiger partial charge in [-0.3, -0.25) is 18.8 Å². The van der Waals surface area contributed by atoms with Crippen molar-refractivity contribution >= 4 is 5.69 Å². The van der Waals surface area contributed by atoms with Gasteiger partial charge in [0, 0.05) is 51.0 Å². The van der Waals surface area contributed by atoms with Crippen molar-refractivity contribution in [1.82, 2.24) is 14.0 Å². The molecule has 4 rings (SSSR count). The molecule has 0 radical (unpaired) electrons. The third-order valence-electron chi connectivity index (χ3n) is 7.41. The molecule has 10 heteroatoms. The van der Waals surface area contributed by atoms with E-state index < -0.39 is 12.8 Å². The number of nitrogens with zero attached hydrogens (tertiary/aromatic N) is 4. The number of aryl methyl sites for hydroxylation is 1. The van der Waals surface area contributed by atoms with Crippen molar-refractivity contribution in [2.75, 3.05) is 44.2 Å². The number of hydrogen-bond donors (Lipinski definition) is 0. The molecule has 2 aromatic rings. The Labute approximate surface area is 215 Å². The fourth-order valence-electron chi connectivity index (χ4n) is 5.44. The van der Waals surface area contributed by atoms with Crippen LogP contribution in [0.2, 0.25) is 0 Å². The van der Waals surface area contributed by atoms with Crippen LogP contribution in [-0.2, 0) is 13.1 Å². The summed E-state index contributed by atoms with van der Waals surface area (Å²) in [5, 5.41) is 0. The summed E-state index contributed by atoms with van der Waals surface area (Å²) in [4.78, 5) is 30.1. The average Bonchev–Trinajstić information content (AvgIpc) is 2.89.